The molecule has 3 rings (SSSR count). The molecule has 0 spiro atoms. The lowest BCUT2D eigenvalue weighted by molar-refractivity contribution is 0.378. The van der Waals surface area contributed by atoms with Crippen LogP contribution < -0.4 is 4.90 Å². The van der Waals surface area contributed by atoms with E-state index in [1.54, 1.807) is 31.4 Å². The Labute approximate surface area is 127 Å². The molecule has 3 heterocycles. The van der Waals surface area contributed by atoms with Crippen molar-refractivity contribution >= 4 is 26.5 Å². The summed E-state index contributed by atoms with van der Waals surface area (Å²) in [5, 5.41) is 6.59. The zero-order valence-electron chi connectivity index (χ0n) is 11.8. The van der Waals surface area contributed by atoms with Crippen molar-refractivity contribution in [1.29, 1.82) is 0 Å². The first-order chi connectivity index (χ1) is 10.00. The lowest BCUT2D eigenvalue weighted by atomic mass is 10.4. The lowest BCUT2D eigenvalue weighted by Gasteiger charge is -2.33. The van der Waals surface area contributed by atoms with E-state index >= 15 is 0 Å². The van der Waals surface area contributed by atoms with E-state index < -0.39 is 10.0 Å². The zero-order chi connectivity index (χ0) is 15.0. The van der Waals surface area contributed by atoms with E-state index in [1.165, 1.54) is 4.31 Å². The number of piperazine rings is 1. The van der Waals surface area contributed by atoms with Crippen molar-refractivity contribution < 1.29 is 12.9 Å². The van der Waals surface area contributed by atoms with Gasteiger partial charge < -0.3 is 9.42 Å². The number of aryl methyl sites for hydroxylation is 2. The fourth-order valence-electron chi connectivity index (χ4n) is 2.46. The summed E-state index contributed by atoms with van der Waals surface area (Å²) in [5.41, 5.74) is 0.412. The monoisotopic (exact) mass is 328 g/mol. The molecular formula is C12H16N4O3S2. The fraction of sp³-hybridized carbons (Fsp3) is 0.500. The Morgan fingerprint density at radius 1 is 1.24 bits per heavy atom. The predicted molar refractivity (Wildman–Crippen MR) is 79.1 cm³/mol. The molecular weight excluding hydrogens is 312 g/mol. The summed E-state index contributed by atoms with van der Waals surface area (Å²) in [5.74, 6) is 0.342. The molecule has 0 saturated carbocycles. The van der Waals surface area contributed by atoms with Gasteiger partial charge in [-0.3, -0.25) is 0 Å². The van der Waals surface area contributed by atoms with Crippen molar-refractivity contribution in [2.45, 2.75) is 18.7 Å². The number of anilines is 1. The third-order valence-corrected chi connectivity index (χ3v) is 6.47. The number of aromatic nitrogens is 2. The van der Waals surface area contributed by atoms with Gasteiger partial charge in [-0.05, 0) is 13.8 Å². The van der Waals surface area contributed by atoms with Crippen LogP contribution in [0.25, 0.3) is 0 Å². The highest BCUT2D eigenvalue weighted by molar-refractivity contribution is 7.89. The van der Waals surface area contributed by atoms with Gasteiger partial charge in [0.05, 0.1) is 0 Å². The van der Waals surface area contributed by atoms with E-state index in [1.807, 2.05) is 5.38 Å². The second-order valence-electron chi connectivity index (χ2n) is 4.86. The molecule has 0 aromatic carbocycles. The van der Waals surface area contributed by atoms with E-state index in [0.29, 0.717) is 37.6 Å². The van der Waals surface area contributed by atoms with Crippen LogP contribution in [0.5, 0.6) is 0 Å². The number of thiazole rings is 1. The Balaban J connectivity index is 1.77. The van der Waals surface area contributed by atoms with Gasteiger partial charge in [0, 0.05) is 37.8 Å². The molecule has 0 radical (unpaired) electrons. The minimum atomic E-state index is -3.54. The molecule has 0 unspecified atom stereocenters. The molecule has 1 aliphatic heterocycles. The van der Waals surface area contributed by atoms with Crippen molar-refractivity contribution in [3.8, 4) is 0 Å². The number of nitrogens with zero attached hydrogens (tertiary/aromatic N) is 4. The molecule has 0 atom stereocenters. The summed E-state index contributed by atoms with van der Waals surface area (Å²) in [6.07, 6.45) is 1.76. The normalized spacial score (nSPS) is 17.3. The maximum Gasteiger partial charge on any atom is 0.248 e. The van der Waals surface area contributed by atoms with Crippen molar-refractivity contribution in [3.63, 3.8) is 0 Å². The summed E-state index contributed by atoms with van der Waals surface area (Å²) >= 11 is 1.56. The number of hydrogen-bond donors (Lipinski definition) is 0. The first-order valence-corrected chi connectivity index (χ1v) is 8.89. The maximum atomic E-state index is 12.7. The predicted octanol–water partition coefficient (Wildman–Crippen LogP) is 1.26. The van der Waals surface area contributed by atoms with E-state index in [4.69, 9.17) is 4.52 Å². The van der Waals surface area contributed by atoms with Crippen molar-refractivity contribution in [2.75, 3.05) is 31.1 Å². The van der Waals surface area contributed by atoms with Crippen LogP contribution >= 0.6 is 11.3 Å². The maximum absolute atomic E-state index is 12.7. The van der Waals surface area contributed by atoms with Crippen LogP contribution in [0.3, 0.4) is 0 Å². The topological polar surface area (TPSA) is 79.5 Å². The highest BCUT2D eigenvalue weighted by Crippen LogP contribution is 2.25. The van der Waals surface area contributed by atoms with Gasteiger partial charge in [0.2, 0.25) is 10.0 Å². The third-order valence-electron chi connectivity index (χ3n) is 3.49. The fourth-order valence-corrected chi connectivity index (χ4v) is 4.87. The second-order valence-corrected chi connectivity index (χ2v) is 7.61. The Morgan fingerprint density at radius 2 is 1.95 bits per heavy atom. The molecule has 0 N–H and O–H groups in total. The van der Waals surface area contributed by atoms with Gasteiger partial charge in [-0.1, -0.05) is 5.16 Å². The second kappa shape index (κ2) is 5.39. The summed E-state index contributed by atoms with van der Waals surface area (Å²) in [6.45, 7) is 5.41. The smallest absolute Gasteiger partial charge is 0.248 e. The molecule has 1 aliphatic rings. The van der Waals surface area contributed by atoms with Crippen molar-refractivity contribution in [3.05, 3.63) is 23.0 Å². The highest BCUT2D eigenvalue weighted by atomic mass is 32.2. The molecule has 0 amide bonds. The van der Waals surface area contributed by atoms with E-state index in [0.717, 1.165) is 5.13 Å². The summed E-state index contributed by atoms with van der Waals surface area (Å²) in [4.78, 5) is 6.56. The summed E-state index contributed by atoms with van der Waals surface area (Å²) in [7, 11) is -3.54. The highest BCUT2D eigenvalue weighted by Gasteiger charge is 2.33. The molecule has 2 aromatic heterocycles. The average Bonchev–Trinajstić information content (AvgIpc) is 3.09. The minimum absolute atomic E-state index is 0.199. The van der Waals surface area contributed by atoms with Gasteiger partial charge in [-0.15, -0.1) is 11.3 Å². The Morgan fingerprint density at radius 3 is 2.48 bits per heavy atom. The van der Waals surface area contributed by atoms with Gasteiger partial charge >= 0.3 is 0 Å². The molecule has 1 fully saturated rings. The SMILES string of the molecule is Cc1noc(C)c1S(=O)(=O)N1CCN(c2nccs2)CC1. The van der Waals surface area contributed by atoms with E-state index in [-0.39, 0.29) is 4.90 Å². The molecule has 1 saturated heterocycles. The van der Waals surface area contributed by atoms with Crippen LogP contribution in [-0.4, -0.2) is 49.0 Å². The van der Waals surface area contributed by atoms with Crippen LogP contribution in [0.2, 0.25) is 0 Å². The lowest BCUT2D eigenvalue weighted by Crippen LogP contribution is -2.48. The van der Waals surface area contributed by atoms with Gasteiger partial charge in [-0.2, -0.15) is 4.31 Å². The van der Waals surface area contributed by atoms with Crippen LogP contribution in [0.1, 0.15) is 11.5 Å². The molecule has 0 bridgehead atoms. The van der Waals surface area contributed by atoms with Crippen LogP contribution in [0, 0.1) is 13.8 Å². The van der Waals surface area contributed by atoms with Gasteiger partial charge in [-0.25, -0.2) is 13.4 Å². The van der Waals surface area contributed by atoms with Crippen LogP contribution in [-0.2, 0) is 10.0 Å². The summed E-state index contributed by atoms with van der Waals surface area (Å²) in [6, 6.07) is 0. The minimum Gasteiger partial charge on any atom is -0.360 e. The molecule has 0 aliphatic carbocycles. The van der Waals surface area contributed by atoms with E-state index in [2.05, 4.69) is 15.0 Å². The van der Waals surface area contributed by atoms with Gasteiger partial charge in [0.15, 0.2) is 10.9 Å². The zero-order valence-corrected chi connectivity index (χ0v) is 13.4. The summed E-state index contributed by atoms with van der Waals surface area (Å²) < 4.78 is 31.8. The van der Waals surface area contributed by atoms with E-state index in [9.17, 15) is 8.42 Å². The molecule has 7 nitrogen and oxygen atoms in total. The Bertz CT molecular complexity index is 696. The van der Waals surface area contributed by atoms with Crippen LogP contribution in [0.15, 0.2) is 21.0 Å². The number of hydrogen-bond acceptors (Lipinski definition) is 7. The Kier molecular flexibility index (Phi) is 3.72. The number of rotatable bonds is 3. The van der Waals surface area contributed by atoms with Crippen molar-refractivity contribution in [1.82, 2.24) is 14.4 Å². The largest absolute Gasteiger partial charge is 0.360 e. The molecule has 2 aromatic rings. The molecule has 9 heteroatoms. The van der Waals surface area contributed by atoms with Crippen LogP contribution in [0.4, 0.5) is 5.13 Å². The first-order valence-electron chi connectivity index (χ1n) is 6.57. The van der Waals surface area contributed by atoms with Crippen molar-refractivity contribution in [2.24, 2.45) is 0 Å². The third kappa shape index (κ3) is 2.56. The first kappa shape index (κ1) is 14.5. The molecule has 21 heavy (non-hydrogen) atoms. The Hall–Kier alpha value is -1.45. The number of sulfonamides is 1. The molecule has 114 valence electrons. The van der Waals surface area contributed by atoms with Gasteiger partial charge in [0.1, 0.15) is 10.6 Å². The quantitative estimate of drug-likeness (QED) is 0.844. The van der Waals surface area contributed by atoms with Gasteiger partial charge in [0.25, 0.3) is 0 Å². The average molecular weight is 328 g/mol. The standard InChI is InChI=1S/C12H16N4O3S2/c1-9-11(10(2)19-14-9)21(17,18)16-6-4-15(5-7-16)12-13-3-8-20-12/h3,8H,4-7H2,1-2H3.